The van der Waals surface area contributed by atoms with Gasteiger partial charge < -0.3 is 15.3 Å². The average Bonchev–Trinajstić information content (AvgIpc) is 2.68. The molecule has 1 amide bonds. The largest absolute Gasteiger partial charge is 0.506 e. The Bertz CT molecular complexity index is 1100. The summed E-state index contributed by atoms with van der Waals surface area (Å²) in [6, 6.07) is 15.4. The van der Waals surface area contributed by atoms with Crippen LogP contribution in [-0.2, 0) is 6.61 Å². The van der Waals surface area contributed by atoms with Crippen LogP contribution in [0.5, 0.6) is 5.75 Å². The zero-order chi connectivity index (χ0) is 19.4. The molecule has 3 rings (SSSR count). The van der Waals surface area contributed by atoms with Crippen molar-refractivity contribution in [3.8, 4) is 11.8 Å². The first-order chi connectivity index (χ1) is 13.1. The van der Waals surface area contributed by atoms with E-state index in [9.17, 15) is 14.7 Å². The molecule has 0 fully saturated rings. The Labute approximate surface area is 155 Å². The number of pyridine rings is 1. The maximum atomic E-state index is 12.8. The van der Waals surface area contributed by atoms with Crippen molar-refractivity contribution in [1.82, 2.24) is 10.0 Å². The molecule has 27 heavy (non-hydrogen) atoms. The minimum atomic E-state index is -0.745. The Kier molecular flexibility index (Phi) is 5.08. The monoisotopic (exact) mass is 363 g/mol. The Morgan fingerprint density at radius 2 is 1.93 bits per heavy atom. The van der Waals surface area contributed by atoms with Gasteiger partial charge in [-0.2, -0.15) is 5.26 Å². The molecule has 1 heterocycles. The van der Waals surface area contributed by atoms with E-state index < -0.39 is 11.5 Å². The lowest BCUT2D eigenvalue weighted by atomic mass is 10.1. The summed E-state index contributed by atoms with van der Waals surface area (Å²) in [6.07, 6.45) is 0. The number of nitrogens with one attached hydrogen (secondary N) is 1. The van der Waals surface area contributed by atoms with Crippen LogP contribution in [0.4, 0.5) is 0 Å². The Balaban J connectivity index is 2.06. The third kappa shape index (κ3) is 3.46. The third-order valence-electron chi connectivity index (χ3n) is 4.02. The van der Waals surface area contributed by atoms with Crippen molar-refractivity contribution >= 4 is 16.8 Å². The van der Waals surface area contributed by atoms with Gasteiger partial charge in [-0.05, 0) is 36.8 Å². The maximum Gasteiger partial charge on any atom is 0.300 e. The second-order valence-corrected chi connectivity index (χ2v) is 5.78. The van der Waals surface area contributed by atoms with Crippen LogP contribution in [0.3, 0.4) is 0 Å². The highest BCUT2D eigenvalue weighted by Crippen LogP contribution is 2.25. The highest BCUT2D eigenvalue weighted by Gasteiger charge is 2.22. The zero-order valence-electron chi connectivity index (χ0n) is 14.6. The molecule has 2 aromatic carbocycles. The van der Waals surface area contributed by atoms with Crippen molar-refractivity contribution < 1.29 is 14.7 Å². The van der Waals surface area contributed by atoms with Gasteiger partial charge in [0, 0.05) is 11.9 Å². The fourth-order valence-electron chi connectivity index (χ4n) is 2.69. The molecule has 0 bridgehead atoms. The van der Waals surface area contributed by atoms with Crippen LogP contribution in [0, 0.1) is 11.3 Å². The summed E-state index contributed by atoms with van der Waals surface area (Å²) in [5.74, 6) is -1.04. The van der Waals surface area contributed by atoms with Crippen molar-refractivity contribution in [3.05, 3.63) is 75.6 Å². The molecule has 7 nitrogen and oxygen atoms in total. The molecule has 3 aromatic rings. The fourth-order valence-corrected chi connectivity index (χ4v) is 2.69. The number of aromatic nitrogens is 1. The van der Waals surface area contributed by atoms with E-state index in [0.29, 0.717) is 23.0 Å². The molecule has 2 N–H and O–H groups in total. The second-order valence-electron chi connectivity index (χ2n) is 5.78. The van der Waals surface area contributed by atoms with E-state index in [0.717, 1.165) is 10.3 Å². The van der Waals surface area contributed by atoms with Gasteiger partial charge in [0.1, 0.15) is 17.9 Å². The SMILES string of the molecule is CCNC(=O)c1c(O)c2ccccc2n(OCc2ccc(C#N)cc2)c1=O. The number of hydrogen-bond acceptors (Lipinski definition) is 5. The van der Waals surface area contributed by atoms with Crippen LogP contribution in [0.15, 0.2) is 53.3 Å². The smallest absolute Gasteiger partial charge is 0.300 e. The van der Waals surface area contributed by atoms with Gasteiger partial charge in [0.25, 0.3) is 11.5 Å². The van der Waals surface area contributed by atoms with Crippen LogP contribution < -0.4 is 15.7 Å². The number of nitrogens with zero attached hydrogens (tertiary/aromatic N) is 2. The van der Waals surface area contributed by atoms with Crippen molar-refractivity contribution in [2.75, 3.05) is 6.54 Å². The summed E-state index contributed by atoms with van der Waals surface area (Å²) in [4.78, 5) is 30.7. The lowest BCUT2D eigenvalue weighted by molar-refractivity contribution is 0.0899. The van der Waals surface area contributed by atoms with Crippen LogP contribution in [0.1, 0.15) is 28.4 Å². The average molecular weight is 363 g/mol. The van der Waals surface area contributed by atoms with E-state index in [4.69, 9.17) is 10.1 Å². The first-order valence-corrected chi connectivity index (χ1v) is 8.34. The van der Waals surface area contributed by atoms with E-state index in [2.05, 4.69) is 5.32 Å². The molecule has 0 spiro atoms. The van der Waals surface area contributed by atoms with Crippen LogP contribution in [-0.4, -0.2) is 22.3 Å². The third-order valence-corrected chi connectivity index (χ3v) is 4.02. The summed E-state index contributed by atoms with van der Waals surface area (Å²) < 4.78 is 1.01. The lowest BCUT2D eigenvalue weighted by Crippen LogP contribution is -2.35. The molecule has 0 unspecified atom stereocenters. The van der Waals surface area contributed by atoms with Crippen molar-refractivity contribution in [2.45, 2.75) is 13.5 Å². The van der Waals surface area contributed by atoms with E-state index in [-0.39, 0.29) is 17.9 Å². The van der Waals surface area contributed by atoms with Crippen molar-refractivity contribution in [1.29, 1.82) is 5.26 Å². The molecule has 0 atom stereocenters. The molecular weight excluding hydrogens is 346 g/mol. The molecule has 0 aliphatic carbocycles. The Morgan fingerprint density at radius 3 is 2.59 bits per heavy atom. The van der Waals surface area contributed by atoms with Gasteiger partial charge in [-0.3, -0.25) is 9.59 Å². The number of rotatable bonds is 5. The minimum absolute atomic E-state index is 0.0508. The fraction of sp³-hybridized carbons (Fsp3) is 0.150. The summed E-state index contributed by atoms with van der Waals surface area (Å²) in [5, 5.41) is 22.1. The van der Waals surface area contributed by atoms with Crippen molar-refractivity contribution in [2.24, 2.45) is 0 Å². The van der Waals surface area contributed by atoms with Gasteiger partial charge in [-0.1, -0.05) is 24.3 Å². The number of aromatic hydroxyl groups is 1. The number of hydrogen-bond donors (Lipinski definition) is 2. The first kappa shape index (κ1) is 18.0. The predicted octanol–water partition coefficient (Wildman–Crippen LogP) is 1.96. The number of amides is 1. The predicted molar refractivity (Wildman–Crippen MR) is 99.3 cm³/mol. The van der Waals surface area contributed by atoms with E-state index in [1.807, 2.05) is 6.07 Å². The molecule has 0 saturated heterocycles. The van der Waals surface area contributed by atoms with Gasteiger partial charge >= 0.3 is 0 Å². The molecule has 136 valence electrons. The number of fused-ring (bicyclic) bond motifs is 1. The molecule has 1 aromatic heterocycles. The molecule has 0 aliphatic heterocycles. The Morgan fingerprint density at radius 1 is 1.22 bits per heavy atom. The second kappa shape index (κ2) is 7.62. The molecular formula is C20H17N3O4. The first-order valence-electron chi connectivity index (χ1n) is 8.34. The molecule has 0 saturated carbocycles. The van der Waals surface area contributed by atoms with Crippen LogP contribution >= 0.6 is 0 Å². The highest BCUT2D eigenvalue weighted by atomic mass is 16.7. The van der Waals surface area contributed by atoms with Gasteiger partial charge in [-0.15, -0.1) is 4.73 Å². The summed E-state index contributed by atoms with van der Waals surface area (Å²) in [5.41, 5.74) is 0.505. The zero-order valence-corrected chi connectivity index (χ0v) is 14.6. The highest BCUT2D eigenvalue weighted by molar-refractivity contribution is 6.02. The van der Waals surface area contributed by atoms with Crippen LogP contribution in [0.25, 0.3) is 10.9 Å². The minimum Gasteiger partial charge on any atom is -0.506 e. The number of carbonyl (C=O) groups excluding carboxylic acids is 1. The lowest BCUT2D eigenvalue weighted by Gasteiger charge is -2.15. The summed E-state index contributed by atoms with van der Waals surface area (Å²) in [7, 11) is 0. The van der Waals surface area contributed by atoms with Gasteiger partial charge in [-0.25, -0.2) is 0 Å². The van der Waals surface area contributed by atoms with Crippen molar-refractivity contribution in [3.63, 3.8) is 0 Å². The van der Waals surface area contributed by atoms with Gasteiger partial charge in [0.15, 0.2) is 0 Å². The standard InChI is InChI=1S/C20H17N3O4/c1-2-22-19(25)17-18(24)15-5-3-4-6-16(15)23(20(17)26)27-12-14-9-7-13(11-21)8-10-14/h3-10,24H,2,12H2,1H3,(H,22,25). The Hall–Kier alpha value is -3.79. The normalized spacial score (nSPS) is 10.4. The van der Waals surface area contributed by atoms with Gasteiger partial charge in [0.2, 0.25) is 0 Å². The molecule has 7 heteroatoms. The quantitative estimate of drug-likeness (QED) is 0.721. The van der Waals surface area contributed by atoms with E-state index in [1.165, 1.54) is 0 Å². The topological polar surface area (TPSA) is 104 Å². The summed E-state index contributed by atoms with van der Waals surface area (Å²) in [6.45, 7) is 2.09. The van der Waals surface area contributed by atoms with Gasteiger partial charge in [0.05, 0.1) is 17.1 Å². The van der Waals surface area contributed by atoms with E-state index in [1.54, 1.807) is 55.5 Å². The molecule has 0 aliphatic rings. The summed E-state index contributed by atoms with van der Waals surface area (Å²) >= 11 is 0. The number of carbonyl (C=O) groups is 1. The number of nitriles is 1. The van der Waals surface area contributed by atoms with E-state index >= 15 is 0 Å². The number of benzene rings is 2. The number of para-hydroxylation sites is 1. The molecule has 0 radical (unpaired) electrons. The van der Waals surface area contributed by atoms with Crippen LogP contribution in [0.2, 0.25) is 0 Å². The maximum absolute atomic E-state index is 12.8.